The molecule has 5 nitrogen and oxygen atoms in total. The average molecular weight is 370 g/mol. The molecule has 148 valence electrons. The molecule has 1 aliphatic heterocycles. The third kappa shape index (κ3) is 5.73. The molecule has 0 amide bonds. The van der Waals surface area contributed by atoms with Crippen molar-refractivity contribution in [3.05, 3.63) is 36.0 Å². The monoisotopic (exact) mass is 369 g/mol. The van der Waals surface area contributed by atoms with E-state index in [4.69, 9.17) is 4.99 Å². The van der Waals surface area contributed by atoms with Gasteiger partial charge in [0.2, 0.25) is 0 Å². The molecule has 2 aromatic rings. The minimum Gasteiger partial charge on any atom is -0.361 e. The number of rotatable bonds is 8. The van der Waals surface area contributed by atoms with Gasteiger partial charge >= 0.3 is 0 Å². The number of aliphatic imine (C=N–C) groups is 1. The predicted molar refractivity (Wildman–Crippen MR) is 115 cm³/mol. The van der Waals surface area contributed by atoms with Crippen LogP contribution in [0.5, 0.6) is 0 Å². The van der Waals surface area contributed by atoms with E-state index in [2.05, 4.69) is 64.8 Å². The number of likely N-dealkylation sites (tertiary alicyclic amines) is 1. The fourth-order valence-corrected chi connectivity index (χ4v) is 3.95. The number of aromatic amines is 1. The van der Waals surface area contributed by atoms with Crippen LogP contribution < -0.4 is 10.6 Å². The van der Waals surface area contributed by atoms with Crippen LogP contribution in [0.15, 0.2) is 35.5 Å². The molecule has 0 aliphatic carbocycles. The van der Waals surface area contributed by atoms with E-state index in [1.807, 2.05) is 0 Å². The Labute approximate surface area is 163 Å². The zero-order valence-electron chi connectivity index (χ0n) is 16.9. The van der Waals surface area contributed by atoms with Crippen molar-refractivity contribution >= 4 is 16.9 Å². The standard InChI is InChI=1S/C22H35N5/c1-3-23-22(24-13-9-18-11-15-27(4-2)16-12-18)25-14-10-19-17-26-21-8-6-5-7-20(19)21/h5-8,17-18,26H,3-4,9-16H2,1-2H3,(H2,23,24,25). The minimum absolute atomic E-state index is 0.839. The van der Waals surface area contributed by atoms with E-state index < -0.39 is 0 Å². The Morgan fingerprint density at radius 1 is 1.19 bits per heavy atom. The lowest BCUT2D eigenvalue weighted by atomic mass is 9.94. The van der Waals surface area contributed by atoms with E-state index in [-0.39, 0.29) is 0 Å². The van der Waals surface area contributed by atoms with Gasteiger partial charge in [-0.1, -0.05) is 25.1 Å². The van der Waals surface area contributed by atoms with Crippen LogP contribution in [-0.4, -0.2) is 55.1 Å². The summed E-state index contributed by atoms with van der Waals surface area (Å²) in [6.07, 6.45) is 6.97. The van der Waals surface area contributed by atoms with Crippen molar-refractivity contribution in [2.75, 3.05) is 39.3 Å². The predicted octanol–water partition coefficient (Wildman–Crippen LogP) is 3.39. The zero-order valence-corrected chi connectivity index (χ0v) is 16.9. The summed E-state index contributed by atoms with van der Waals surface area (Å²) >= 11 is 0. The van der Waals surface area contributed by atoms with E-state index in [0.717, 1.165) is 37.9 Å². The highest BCUT2D eigenvalue weighted by Crippen LogP contribution is 2.20. The Morgan fingerprint density at radius 3 is 2.78 bits per heavy atom. The Bertz CT molecular complexity index is 712. The van der Waals surface area contributed by atoms with E-state index in [1.54, 1.807) is 0 Å². The topological polar surface area (TPSA) is 55.5 Å². The molecule has 1 aliphatic rings. The van der Waals surface area contributed by atoms with Crippen molar-refractivity contribution in [3.8, 4) is 0 Å². The summed E-state index contributed by atoms with van der Waals surface area (Å²) in [6, 6.07) is 8.49. The Balaban J connectivity index is 1.43. The second kappa shape index (κ2) is 10.4. The number of aromatic nitrogens is 1. The Kier molecular flexibility index (Phi) is 7.57. The number of benzene rings is 1. The van der Waals surface area contributed by atoms with Crippen LogP contribution in [0.3, 0.4) is 0 Å². The van der Waals surface area contributed by atoms with Crippen molar-refractivity contribution < 1.29 is 0 Å². The highest BCUT2D eigenvalue weighted by atomic mass is 15.2. The second-order valence-corrected chi connectivity index (χ2v) is 7.46. The van der Waals surface area contributed by atoms with E-state index >= 15 is 0 Å². The van der Waals surface area contributed by atoms with Gasteiger partial charge in [0.05, 0.1) is 0 Å². The number of nitrogens with zero attached hydrogens (tertiary/aromatic N) is 2. The van der Waals surface area contributed by atoms with E-state index in [0.29, 0.717) is 0 Å². The molecular weight excluding hydrogens is 334 g/mol. The number of H-pyrrole nitrogens is 1. The van der Waals surface area contributed by atoms with Crippen molar-refractivity contribution in [1.82, 2.24) is 20.5 Å². The quantitative estimate of drug-likeness (QED) is 0.494. The van der Waals surface area contributed by atoms with Gasteiger partial charge in [0.25, 0.3) is 0 Å². The van der Waals surface area contributed by atoms with Gasteiger partial charge in [0, 0.05) is 36.7 Å². The fraction of sp³-hybridized carbons (Fsp3) is 0.591. The van der Waals surface area contributed by atoms with Gasteiger partial charge < -0.3 is 20.5 Å². The number of nitrogens with one attached hydrogen (secondary N) is 3. The zero-order chi connectivity index (χ0) is 18.9. The van der Waals surface area contributed by atoms with Crippen LogP contribution in [0.1, 0.15) is 38.7 Å². The third-order valence-corrected chi connectivity index (χ3v) is 5.67. The largest absolute Gasteiger partial charge is 0.361 e. The van der Waals surface area contributed by atoms with Crippen molar-refractivity contribution in [2.45, 2.75) is 39.5 Å². The van der Waals surface area contributed by atoms with E-state index in [1.165, 1.54) is 55.4 Å². The third-order valence-electron chi connectivity index (χ3n) is 5.67. The molecule has 1 saturated heterocycles. The second-order valence-electron chi connectivity index (χ2n) is 7.46. The first-order valence-corrected chi connectivity index (χ1v) is 10.6. The molecule has 1 aromatic heterocycles. The van der Waals surface area contributed by atoms with Gasteiger partial charge in [-0.05, 0) is 69.8 Å². The van der Waals surface area contributed by atoms with Crippen LogP contribution in [0.25, 0.3) is 10.9 Å². The van der Waals surface area contributed by atoms with Gasteiger partial charge in [0.15, 0.2) is 5.96 Å². The summed E-state index contributed by atoms with van der Waals surface area (Å²) in [4.78, 5) is 10.7. The number of guanidine groups is 1. The molecule has 1 aromatic carbocycles. The molecule has 0 radical (unpaired) electrons. The normalized spacial score (nSPS) is 16.7. The molecule has 0 bridgehead atoms. The molecule has 3 rings (SSSR count). The number of para-hydroxylation sites is 1. The molecule has 1 fully saturated rings. The summed E-state index contributed by atoms with van der Waals surface area (Å²) in [5.41, 5.74) is 2.57. The first-order chi connectivity index (χ1) is 13.3. The summed E-state index contributed by atoms with van der Waals surface area (Å²) in [6.45, 7) is 10.8. The van der Waals surface area contributed by atoms with Crippen LogP contribution in [0.4, 0.5) is 0 Å². The number of piperidine rings is 1. The SMILES string of the molecule is CCNC(=NCCC1CCN(CC)CC1)NCCc1c[nH]c2ccccc12. The molecule has 2 heterocycles. The minimum atomic E-state index is 0.839. The van der Waals surface area contributed by atoms with Crippen LogP contribution in [0.2, 0.25) is 0 Å². The maximum absolute atomic E-state index is 4.80. The molecule has 0 spiro atoms. The summed E-state index contributed by atoms with van der Waals surface area (Å²) in [7, 11) is 0. The molecule has 3 N–H and O–H groups in total. The lowest BCUT2D eigenvalue weighted by Gasteiger charge is -2.30. The van der Waals surface area contributed by atoms with Crippen LogP contribution in [-0.2, 0) is 6.42 Å². The number of hydrogen-bond donors (Lipinski definition) is 3. The summed E-state index contributed by atoms with van der Waals surface area (Å²) < 4.78 is 0. The maximum Gasteiger partial charge on any atom is 0.191 e. The lowest BCUT2D eigenvalue weighted by Crippen LogP contribution is -2.38. The first-order valence-electron chi connectivity index (χ1n) is 10.6. The smallest absolute Gasteiger partial charge is 0.191 e. The van der Waals surface area contributed by atoms with Gasteiger partial charge in [-0.3, -0.25) is 4.99 Å². The Morgan fingerprint density at radius 2 is 2.00 bits per heavy atom. The first kappa shape index (κ1) is 19.7. The number of hydrogen-bond acceptors (Lipinski definition) is 2. The average Bonchev–Trinajstić information content (AvgIpc) is 3.12. The summed E-state index contributed by atoms with van der Waals surface area (Å²) in [5, 5.41) is 8.19. The highest BCUT2D eigenvalue weighted by Gasteiger charge is 2.17. The molecule has 0 unspecified atom stereocenters. The maximum atomic E-state index is 4.80. The lowest BCUT2D eigenvalue weighted by molar-refractivity contribution is 0.188. The molecular formula is C22H35N5. The van der Waals surface area contributed by atoms with Gasteiger partial charge in [-0.15, -0.1) is 0 Å². The van der Waals surface area contributed by atoms with Crippen LogP contribution >= 0.6 is 0 Å². The fourth-order valence-electron chi connectivity index (χ4n) is 3.95. The summed E-state index contributed by atoms with van der Waals surface area (Å²) in [5.74, 6) is 1.79. The van der Waals surface area contributed by atoms with Gasteiger partial charge in [-0.2, -0.15) is 0 Å². The number of fused-ring (bicyclic) bond motifs is 1. The van der Waals surface area contributed by atoms with Gasteiger partial charge in [0.1, 0.15) is 0 Å². The molecule has 0 atom stereocenters. The van der Waals surface area contributed by atoms with E-state index in [9.17, 15) is 0 Å². The van der Waals surface area contributed by atoms with Crippen molar-refractivity contribution in [1.29, 1.82) is 0 Å². The van der Waals surface area contributed by atoms with Gasteiger partial charge in [-0.25, -0.2) is 0 Å². The molecule has 27 heavy (non-hydrogen) atoms. The van der Waals surface area contributed by atoms with Crippen molar-refractivity contribution in [2.24, 2.45) is 10.9 Å². The molecule has 0 saturated carbocycles. The van der Waals surface area contributed by atoms with Crippen LogP contribution in [0, 0.1) is 5.92 Å². The van der Waals surface area contributed by atoms with Crippen molar-refractivity contribution in [3.63, 3.8) is 0 Å². The molecule has 5 heteroatoms. The highest BCUT2D eigenvalue weighted by molar-refractivity contribution is 5.83. The Hall–Kier alpha value is -2.01.